The number of rotatable bonds is 11. The van der Waals surface area contributed by atoms with Crippen molar-refractivity contribution in [1.82, 2.24) is 4.90 Å². The van der Waals surface area contributed by atoms with Gasteiger partial charge >= 0.3 is 0 Å². The van der Waals surface area contributed by atoms with Gasteiger partial charge in [-0.1, -0.05) is 52.0 Å². The summed E-state index contributed by atoms with van der Waals surface area (Å²) in [6.07, 6.45) is 4.57. The Balaban J connectivity index is 1.71. The number of benzene rings is 2. The topological polar surface area (TPSA) is 65.1 Å². The Hall–Kier alpha value is -3.71. The Morgan fingerprint density at radius 1 is 0.956 bits per heavy atom. The second-order valence-corrected chi connectivity index (χ2v) is 14.0. The Morgan fingerprint density at radius 3 is 2.16 bits per heavy atom. The number of halogens is 1. The van der Waals surface area contributed by atoms with Crippen LogP contribution in [0.2, 0.25) is 0 Å². The van der Waals surface area contributed by atoms with Crippen LogP contribution in [0.15, 0.2) is 71.6 Å². The van der Waals surface area contributed by atoms with E-state index in [0.29, 0.717) is 67.2 Å². The van der Waals surface area contributed by atoms with E-state index in [9.17, 15) is 14.0 Å². The fourth-order valence-electron chi connectivity index (χ4n) is 7.20. The molecule has 0 spiro atoms. The quantitative estimate of drug-likeness (QED) is 0.240. The maximum atomic E-state index is 14.2. The van der Waals surface area contributed by atoms with Gasteiger partial charge in [-0.3, -0.25) is 9.59 Å². The highest BCUT2D eigenvalue weighted by atomic mass is 19.1. The third kappa shape index (κ3) is 6.79. The van der Waals surface area contributed by atoms with Gasteiger partial charge in [0.25, 0.3) is 0 Å². The largest absolute Gasteiger partial charge is 0.490 e. The lowest BCUT2D eigenvalue weighted by Gasteiger charge is -2.49. The van der Waals surface area contributed by atoms with E-state index in [1.807, 2.05) is 25.1 Å². The maximum absolute atomic E-state index is 14.2. The molecule has 5 rings (SSSR count). The number of carbonyl (C=O) groups is 2. The van der Waals surface area contributed by atoms with Gasteiger partial charge < -0.3 is 19.1 Å². The van der Waals surface area contributed by atoms with Crippen LogP contribution in [-0.4, -0.2) is 43.3 Å². The van der Waals surface area contributed by atoms with Gasteiger partial charge in [-0.25, -0.2) is 4.39 Å². The minimum absolute atomic E-state index is 0.0764. The lowest BCUT2D eigenvalue weighted by atomic mass is 9.63. The van der Waals surface area contributed by atoms with Gasteiger partial charge in [-0.15, -0.1) is 6.58 Å². The molecule has 2 aromatic rings. The second kappa shape index (κ2) is 13.0. The molecule has 0 bridgehead atoms. The fraction of sp³-hybridized carbons (Fsp3) is 0.474. The highest BCUT2D eigenvalue weighted by molar-refractivity contribution is 6.06. The standard InChI is InChI=1S/C38H46FNO5/c1-8-11-25-17-26(18-32(44-9-2)36(25)45-23-24-12-10-13-27(39)16-24)33-34-28(19-37(3,4)21-30(34)41)40(14-15-43-7)29-20-38(5,6)22-31(42)35(29)33/h8,10,12-13,16-18,33H,1,9,11,14-15,19-23H2,2-7H3. The Kier molecular flexibility index (Phi) is 9.41. The van der Waals surface area contributed by atoms with E-state index < -0.39 is 5.92 Å². The van der Waals surface area contributed by atoms with Crippen LogP contribution in [-0.2, 0) is 27.4 Å². The molecular weight excluding hydrogens is 569 g/mol. The molecule has 0 N–H and O–H groups in total. The number of carbonyl (C=O) groups excluding carboxylic acids is 2. The summed E-state index contributed by atoms with van der Waals surface area (Å²) in [5.74, 6) is 0.397. The van der Waals surface area contributed by atoms with Crippen molar-refractivity contribution in [2.45, 2.75) is 79.2 Å². The first-order valence-corrected chi connectivity index (χ1v) is 15.9. The number of ketones is 2. The van der Waals surface area contributed by atoms with Crippen molar-refractivity contribution < 1.29 is 28.2 Å². The molecule has 2 aromatic carbocycles. The molecule has 1 aliphatic heterocycles. The minimum Gasteiger partial charge on any atom is -0.490 e. The van der Waals surface area contributed by atoms with Gasteiger partial charge in [0.2, 0.25) is 0 Å². The van der Waals surface area contributed by atoms with Crippen molar-refractivity contribution in [3.63, 3.8) is 0 Å². The smallest absolute Gasteiger partial charge is 0.165 e. The first kappa shape index (κ1) is 32.7. The van der Waals surface area contributed by atoms with E-state index >= 15 is 0 Å². The lowest BCUT2D eigenvalue weighted by Crippen LogP contribution is -2.45. The van der Waals surface area contributed by atoms with E-state index in [2.05, 4.69) is 39.2 Å². The SMILES string of the molecule is C=CCc1cc(C2C3=C(CC(C)(C)CC3=O)N(CCOC)C3=C2C(=O)CC(C)(C)C3)cc(OCC)c1OCc1cccc(F)c1. The maximum Gasteiger partial charge on any atom is 0.165 e. The Morgan fingerprint density at radius 2 is 1.60 bits per heavy atom. The summed E-state index contributed by atoms with van der Waals surface area (Å²) in [4.78, 5) is 30.6. The predicted octanol–water partition coefficient (Wildman–Crippen LogP) is 7.86. The molecule has 0 unspecified atom stereocenters. The first-order chi connectivity index (χ1) is 21.4. The highest BCUT2D eigenvalue weighted by Crippen LogP contribution is 2.55. The number of hydrogen-bond acceptors (Lipinski definition) is 6. The van der Waals surface area contributed by atoms with Crippen molar-refractivity contribution in [1.29, 1.82) is 0 Å². The van der Waals surface area contributed by atoms with Crippen LogP contribution < -0.4 is 9.47 Å². The van der Waals surface area contributed by atoms with Crippen LogP contribution in [0.25, 0.3) is 0 Å². The summed E-state index contributed by atoms with van der Waals surface area (Å²) in [7, 11) is 1.68. The van der Waals surface area contributed by atoms with E-state index in [4.69, 9.17) is 14.2 Å². The van der Waals surface area contributed by atoms with Gasteiger partial charge in [0, 0.05) is 60.5 Å². The third-order valence-electron chi connectivity index (χ3n) is 8.96. The van der Waals surface area contributed by atoms with E-state index in [1.54, 1.807) is 19.3 Å². The predicted molar refractivity (Wildman–Crippen MR) is 174 cm³/mol. The minimum atomic E-state index is -0.513. The number of ether oxygens (including phenoxy) is 3. The zero-order valence-corrected chi connectivity index (χ0v) is 27.6. The van der Waals surface area contributed by atoms with Crippen LogP contribution in [0.4, 0.5) is 4.39 Å². The zero-order valence-electron chi connectivity index (χ0n) is 27.6. The van der Waals surface area contributed by atoms with E-state index in [1.165, 1.54) is 12.1 Å². The van der Waals surface area contributed by atoms with Gasteiger partial charge in [-0.2, -0.15) is 0 Å². The molecule has 3 aliphatic rings. The molecule has 0 aromatic heterocycles. The molecule has 0 fully saturated rings. The third-order valence-corrected chi connectivity index (χ3v) is 8.96. The van der Waals surface area contributed by atoms with Crippen LogP contribution in [0.5, 0.6) is 11.5 Å². The van der Waals surface area contributed by atoms with Crippen molar-refractivity contribution in [3.8, 4) is 11.5 Å². The molecule has 2 aliphatic carbocycles. The van der Waals surface area contributed by atoms with E-state index in [-0.39, 0.29) is 34.8 Å². The summed E-state index contributed by atoms with van der Waals surface area (Å²) >= 11 is 0. The van der Waals surface area contributed by atoms with Crippen molar-refractivity contribution in [2.24, 2.45) is 10.8 Å². The number of methoxy groups -OCH3 is 1. The van der Waals surface area contributed by atoms with Crippen molar-refractivity contribution in [2.75, 3.05) is 26.9 Å². The van der Waals surface area contributed by atoms with Gasteiger partial charge in [0.1, 0.15) is 12.4 Å². The average Bonchev–Trinajstić information content (AvgIpc) is 2.94. The molecule has 0 atom stereocenters. The highest BCUT2D eigenvalue weighted by Gasteiger charge is 2.49. The lowest BCUT2D eigenvalue weighted by molar-refractivity contribution is -0.119. The summed E-state index contributed by atoms with van der Waals surface area (Å²) in [6.45, 7) is 16.0. The molecule has 45 heavy (non-hydrogen) atoms. The van der Waals surface area contributed by atoms with Crippen molar-refractivity contribution >= 4 is 11.6 Å². The molecule has 0 saturated heterocycles. The van der Waals surface area contributed by atoms with E-state index in [0.717, 1.165) is 35.4 Å². The fourth-order valence-corrected chi connectivity index (χ4v) is 7.20. The molecule has 0 amide bonds. The van der Waals surface area contributed by atoms with Crippen LogP contribution >= 0.6 is 0 Å². The van der Waals surface area contributed by atoms with Gasteiger partial charge in [0.05, 0.1) is 13.2 Å². The average molecular weight is 616 g/mol. The summed E-state index contributed by atoms with van der Waals surface area (Å²) in [5.41, 5.74) is 5.35. The monoisotopic (exact) mass is 615 g/mol. The summed E-state index contributed by atoms with van der Waals surface area (Å²) < 4.78 is 31.9. The summed E-state index contributed by atoms with van der Waals surface area (Å²) in [5, 5.41) is 0. The summed E-state index contributed by atoms with van der Waals surface area (Å²) in [6, 6.07) is 10.3. The van der Waals surface area contributed by atoms with Gasteiger partial charge in [0.15, 0.2) is 23.1 Å². The number of allylic oxidation sites excluding steroid dienone is 5. The van der Waals surface area contributed by atoms with Crippen LogP contribution in [0, 0.1) is 16.6 Å². The number of Topliss-reactive ketones (excluding diaryl/α,β-unsaturated/α-hetero) is 2. The van der Waals surface area contributed by atoms with Gasteiger partial charge in [-0.05, 0) is 66.3 Å². The number of nitrogens with zero attached hydrogens (tertiary/aromatic N) is 1. The normalized spacial score (nSPS) is 19.4. The molecule has 1 heterocycles. The number of hydrogen-bond donors (Lipinski definition) is 0. The molecular formula is C38H46FNO5. The Labute approximate surface area is 266 Å². The Bertz CT molecular complexity index is 1510. The van der Waals surface area contributed by atoms with Crippen LogP contribution in [0.1, 0.15) is 82.9 Å². The first-order valence-electron chi connectivity index (χ1n) is 15.9. The molecule has 240 valence electrons. The molecule has 6 nitrogen and oxygen atoms in total. The van der Waals surface area contributed by atoms with Crippen molar-refractivity contribution in [3.05, 3.63) is 94.1 Å². The zero-order chi connectivity index (χ0) is 32.5. The van der Waals surface area contributed by atoms with Crippen LogP contribution in [0.3, 0.4) is 0 Å². The second-order valence-electron chi connectivity index (χ2n) is 14.0. The molecule has 0 saturated carbocycles. The molecule has 0 radical (unpaired) electrons. The molecule has 7 heteroatoms.